The summed E-state index contributed by atoms with van der Waals surface area (Å²) in [5.41, 5.74) is 0.0397. The molecule has 1 heterocycles. The molecule has 0 atom stereocenters. The molecule has 1 aromatic carbocycles. The highest BCUT2D eigenvalue weighted by Crippen LogP contribution is 2.30. The Labute approximate surface area is 89.8 Å². The zero-order valence-electron chi connectivity index (χ0n) is 8.07. The second-order valence-corrected chi connectivity index (χ2v) is 3.19. The minimum Gasteiger partial charge on any atom is -0.166 e. The summed E-state index contributed by atoms with van der Waals surface area (Å²) >= 11 is 0. The van der Waals surface area contributed by atoms with Crippen molar-refractivity contribution < 1.29 is 13.2 Å². The Balaban J connectivity index is 2.45. The second-order valence-electron chi connectivity index (χ2n) is 3.19. The highest BCUT2D eigenvalue weighted by Gasteiger charge is 2.31. The van der Waals surface area contributed by atoms with Gasteiger partial charge in [0.25, 0.3) is 0 Å². The van der Waals surface area contributed by atoms with Crippen molar-refractivity contribution in [1.29, 1.82) is 0 Å². The van der Waals surface area contributed by atoms with Crippen LogP contribution in [0.5, 0.6) is 0 Å². The van der Waals surface area contributed by atoms with Gasteiger partial charge in [0.05, 0.1) is 17.5 Å². The lowest BCUT2D eigenvalue weighted by Crippen LogP contribution is -2.06. The predicted molar refractivity (Wildman–Crippen MR) is 52.5 cm³/mol. The van der Waals surface area contributed by atoms with Crippen molar-refractivity contribution >= 4 is 0 Å². The van der Waals surface area contributed by atoms with Gasteiger partial charge in [-0.05, 0) is 6.07 Å². The van der Waals surface area contributed by atoms with Crippen molar-refractivity contribution in [1.82, 2.24) is 10.2 Å². The maximum Gasteiger partial charge on any atom is 0.418 e. The van der Waals surface area contributed by atoms with Gasteiger partial charge in [-0.3, -0.25) is 0 Å². The molecule has 0 unspecified atom stereocenters. The topological polar surface area (TPSA) is 25.8 Å². The average molecular weight is 224 g/mol. The summed E-state index contributed by atoms with van der Waals surface area (Å²) in [5.74, 6) is 0. The Morgan fingerprint density at radius 1 is 1.00 bits per heavy atom. The molecule has 0 amide bonds. The second kappa shape index (κ2) is 3.92. The Kier molecular flexibility index (Phi) is 2.60. The Morgan fingerprint density at radius 2 is 1.69 bits per heavy atom. The van der Waals surface area contributed by atoms with E-state index in [-0.39, 0.29) is 5.69 Å². The van der Waals surface area contributed by atoms with E-state index in [1.165, 1.54) is 0 Å². The third-order valence-electron chi connectivity index (χ3n) is 2.05. The van der Waals surface area contributed by atoms with E-state index in [9.17, 15) is 13.2 Å². The van der Waals surface area contributed by atoms with Crippen LogP contribution in [0.2, 0.25) is 0 Å². The first-order valence-electron chi connectivity index (χ1n) is 4.53. The van der Waals surface area contributed by atoms with Crippen molar-refractivity contribution in [2.45, 2.75) is 6.18 Å². The highest BCUT2D eigenvalue weighted by molar-refractivity contribution is 5.58. The van der Waals surface area contributed by atoms with E-state index in [0.29, 0.717) is 11.8 Å². The molecule has 16 heavy (non-hydrogen) atoms. The molecule has 0 N–H and O–H groups in total. The van der Waals surface area contributed by atoms with E-state index in [1.807, 2.05) is 0 Å². The van der Waals surface area contributed by atoms with Crippen molar-refractivity contribution in [3.63, 3.8) is 0 Å². The smallest absolute Gasteiger partial charge is 0.166 e. The number of rotatable bonds is 1. The summed E-state index contributed by atoms with van der Waals surface area (Å²) < 4.78 is 37.2. The fourth-order valence-corrected chi connectivity index (χ4v) is 1.27. The maximum absolute atomic E-state index is 12.4. The van der Waals surface area contributed by atoms with Crippen LogP contribution in [0.3, 0.4) is 0 Å². The fourth-order valence-electron chi connectivity index (χ4n) is 1.27. The first kappa shape index (κ1) is 10.6. The molecular weight excluding hydrogens is 217 g/mol. The SMILES string of the molecule is FC(F)(F)c1cnnc(-c2ccccc2)c1. The number of aromatic nitrogens is 2. The Hall–Kier alpha value is -1.91. The molecule has 0 radical (unpaired) electrons. The van der Waals surface area contributed by atoms with Crippen LogP contribution in [0, 0.1) is 0 Å². The van der Waals surface area contributed by atoms with E-state index < -0.39 is 11.7 Å². The first-order chi connectivity index (χ1) is 7.57. The molecule has 2 nitrogen and oxygen atoms in total. The minimum atomic E-state index is -4.39. The number of hydrogen-bond acceptors (Lipinski definition) is 2. The van der Waals surface area contributed by atoms with E-state index >= 15 is 0 Å². The van der Waals surface area contributed by atoms with Gasteiger partial charge in [0.2, 0.25) is 0 Å². The lowest BCUT2D eigenvalue weighted by Gasteiger charge is -2.06. The summed E-state index contributed by atoms with van der Waals surface area (Å²) in [6.45, 7) is 0. The summed E-state index contributed by atoms with van der Waals surface area (Å²) in [4.78, 5) is 0. The molecule has 0 aliphatic rings. The molecule has 0 spiro atoms. The van der Waals surface area contributed by atoms with E-state index in [1.54, 1.807) is 30.3 Å². The van der Waals surface area contributed by atoms with Crippen LogP contribution >= 0.6 is 0 Å². The van der Waals surface area contributed by atoms with Gasteiger partial charge in [-0.2, -0.15) is 23.4 Å². The number of nitrogens with zero attached hydrogens (tertiary/aromatic N) is 2. The van der Waals surface area contributed by atoms with Crippen molar-refractivity contribution in [2.24, 2.45) is 0 Å². The molecule has 2 rings (SSSR count). The summed E-state index contributed by atoms with van der Waals surface area (Å²) in [6, 6.07) is 9.61. The molecule has 0 bridgehead atoms. The normalized spacial score (nSPS) is 11.4. The quantitative estimate of drug-likeness (QED) is 0.743. The lowest BCUT2D eigenvalue weighted by atomic mass is 10.1. The van der Waals surface area contributed by atoms with Crippen LogP contribution < -0.4 is 0 Å². The van der Waals surface area contributed by atoms with Gasteiger partial charge in [0.15, 0.2) is 0 Å². The number of hydrogen-bond donors (Lipinski definition) is 0. The van der Waals surface area contributed by atoms with Gasteiger partial charge in [-0.25, -0.2) is 0 Å². The number of alkyl halides is 3. The van der Waals surface area contributed by atoms with Crippen LogP contribution in [-0.2, 0) is 6.18 Å². The third kappa shape index (κ3) is 2.18. The van der Waals surface area contributed by atoms with E-state index in [4.69, 9.17) is 0 Å². The number of halogens is 3. The van der Waals surface area contributed by atoms with E-state index in [2.05, 4.69) is 10.2 Å². The third-order valence-corrected chi connectivity index (χ3v) is 2.05. The molecule has 0 fully saturated rings. The first-order valence-corrected chi connectivity index (χ1v) is 4.53. The number of benzene rings is 1. The molecule has 0 aliphatic heterocycles. The average Bonchev–Trinajstić information content (AvgIpc) is 2.29. The van der Waals surface area contributed by atoms with Crippen molar-refractivity contribution in [2.75, 3.05) is 0 Å². The monoisotopic (exact) mass is 224 g/mol. The molecule has 5 heteroatoms. The lowest BCUT2D eigenvalue weighted by molar-refractivity contribution is -0.137. The van der Waals surface area contributed by atoms with Crippen LogP contribution in [0.15, 0.2) is 42.6 Å². The molecule has 0 aliphatic carbocycles. The van der Waals surface area contributed by atoms with Gasteiger partial charge < -0.3 is 0 Å². The predicted octanol–water partition coefficient (Wildman–Crippen LogP) is 3.16. The molecule has 82 valence electrons. The molecule has 0 saturated heterocycles. The summed E-state index contributed by atoms with van der Waals surface area (Å²) in [6.07, 6.45) is -3.67. The van der Waals surface area contributed by atoms with Crippen LogP contribution in [0.4, 0.5) is 13.2 Å². The minimum absolute atomic E-state index is 0.218. The fraction of sp³-hybridized carbons (Fsp3) is 0.0909. The van der Waals surface area contributed by atoms with Crippen LogP contribution in [0.25, 0.3) is 11.3 Å². The Morgan fingerprint density at radius 3 is 2.31 bits per heavy atom. The molecule has 0 saturated carbocycles. The van der Waals surface area contributed by atoms with E-state index in [0.717, 1.165) is 6.07 Å². The summed E-state index contributed by atoms with van der Waals surface area (Å²) in [5, 5.41) is 7.03. The van der Waals surface area contributed by atoms with Crippen LogP contribution in [0.1, 0.15) is 5.56 Å². The zero-order valence-corrected chi connectivity index (χ0v) is 8.07. The standard InChI is InChI=1S/C11H7F3N2/c12-11(13,14)9-6-10(16-15-7-9)8-4-2-1-3-5-8/h1-7H. The van der Waals surface area contributed by atoms with Gasteiger partial charge in [0.1, 0.15) is 0 Å². The molecular formula is C11H7F3N2. The zero-order chi connectivity index (χ0) is 11.6. The van der Waals surface area contributed by atoms with Gasteiger partial charge in [-0.15, -0.1) is 0 Å². The summed E-state index contributed by atoms with van der Waals surface area (Å²) in [7, 11) is 0. The Bertz CT molecular complexity index is 480. The van der Waals surface area contributed by atoms with Crippen molar-refractivity contribution in [3.05, 3.63) is 48.2 Å². The maximum atomic E-state index is 12.4. The van der Waals surface area contributed by atoms with Gasteiger partial charge in [-0.1, -0.05) is 30.3 Å². The highest BCUT2D eigenvalue weighted by atomic mass is 19.4. The molecule has 1 aromatic heterocycles. The molecule has 2 aromatic rings. The largest absolute Gasteiger partial charge is 0.418 e. The van der Waals surface area contributed by atoms with Gasteiger partial charge >= 0.3 is 6.18 Å². The van der Waals surface area contributed by atoms with Crippen LogP contribution in [-0.4, -0.2) is 10.2 Å². The van der Waals surface area contributed by atoms with Gasteiger partial charge in [0, 0.05) is 5.56 Å². The van der Waals surface area contributed by atoms with Crippen molar-refractivity contribution in [3.8, 4) is 11.3 Å².